The zero-order valence-corrected chi connectivity index (χ0v) is 8.64. The van der Waals surface area contributed by atoms with E-state index in [1.165, 1.54) is 9.14 Å². The topological polar surface area (TPSA) is 26.9 Å². The van der Waals surface area contributed by atoms with Gasteiger partial charge in [0.15, 0.2) is 0 Å². The molecule has 0 aliphatic heterocycles. The van der Waals surface area contributed by atoms with E-state index in [1.807, 2.05) is 36.4 Å². The van der Waals surface area contributed by atoms with Crippen LogP contribution in [0.5, 0.6) is 0 Å². The van der Waals surface area contributed by atoms with Crippen molar-refractivity contribution in [2.45, 2.75) is 0 Å². The third-order valence-electron chi connectivity index (χ3n) is 1.59. The molecule has 0 aliphatic rings. The Morgan fingerprint density at radius 2 is 1.83 bits per heavy atom. The van der Waals surface area contributed by atoms with Gasteiger partial charge in [0.05, 0.1) is 0 Å². The van der Waals surface area contributed by atoms with Crippen molar-refractivity contribution in [1.82, 2.24) is 0 Å². The molecule has 0 amide bonds. The van der Waals surface area contributed by atoms with Crippen LogP contribution in [0.25, 0.3) is 9.14 Å². The van der Waals surface area contributed by atoms with Gasteiger partial charge >= 0.3 is 80.6 Å². The Bertz CT molecular complexity index is 369. The summed E-state index contributed by atoms with van der Waals surface area (Å²) in [5.41, 5.74) is 1.19. The molecule has 3 heteroatoms. The molecular weight excluding hydrogens is 266 g/mol. The van der Waals surface area contributed by atoms with Crippen molar-refractivity contribution in [1.29, 1.82) is 0 Å². The summed E-state index contributed by atoms with van der Waals surface area (Å²) in [7, 11) is 0. The second-order valence-corrected chi connectivity index (χ2v) is 5.23. The monoisotopic (exact) mass is 275 g/mol. The van der Waals surface area contributed by atoms with Gasteiger partial charge in [0.2, 0.25) is 0 Å². The van der Waals surface area contributed by atoms with Gasteiger partial charge in [0, 0.05) is 0 Å². The van der Waals surface area contributed by atoms with Gasteiger partial charge in [0.25, 0.3) is 0 Å². The molecule has 0 bridgehead atoms. The summed E-state index contributed by atoms with van der Waals surface area (Å²) in [6, 6.07) is 12.0. The molecule has 1 aromatic carbocycles. The Balaban J connectivity index is 2.45. The first kappa shape index (κ1) is 7.85. The van der Waals surface area contributed by atoms with Crippen molar-refractivity contribution in [3.05, 3.63) is 47.8 Å². The van der Waals surface area contributed by atoms with Gasteiger partial charge in [-0.2, -0.15) is 0 Å². The van der Waals surface area contributed by atoms with Crippen molar-refractivity contribution in [2.24, 2.45) is 0 Å². The molecule has 0 spiro atoms. The molecule has 0 fully saturated rings. The minimum absolute atomic E-state index is 0.656. The predicted molar refractivity (Wildman–Crippen MR) is 47.8 cm³/mol. The van der Waals surface area contributed by atoms with Gasteiger partial charge < -0.3 is 0 Å². The van der Waals surface area contributed by atoms with Gasteiger partial charge in [-0.15, -0.1) is 0 Å². The van der Waals surface area contributed by atoms with E-state index < -0.39 is 20.7 Å². The summed E-state index contributed by atoms with van der Waals surface area (Å²) in [5.74, 6) is 0. The van der Waals surface area contributed by atoms with Crippen LogP contribution < -0.4 is 2.95 Å². The van der Waals surface area contributed by atoms with Crippen LogP contribution in [0.15, 0.2) is 42.6 Å². The summed E-state index contributed by atoms with van der Waals surface area (Å²) < 4.78 is 2.28. The molecular formula is C9H7NOTe. The van der Waals surface area contributed by atoms with E-state index in [1.54, 1.807) is 6.20 Å². The van der Waals surface area contributed by atoms with Crippen LogP contribution in [0.3, 0.4) is 0 Å². The molecule has 0 saturated heterocycles. The molecule has 2 nitrogen and oxygen atoms in total. The van der Waals surface area contributed by atoms with Crippen molar-refractivity contribution < 1.29 is 2.95 Å². The van der Waals surface area contributed by atoms with E-state index in [9.17, 15) is 5.21 Å². The molecule has 1 aromatic heterocycles. The Hall–Kier alpha value is -0.780. The van der Waals surface area contributed by atoms with E-state index in [4.69, 9.17) is 0 Å². The maximum absolute atomic E-state index is 10.9. The SMILES string of the molecule is [O-][n+]1ccc(-c2ccccc2)[te]1. The number of rotatable bonds is 1. The molecule has 1 heterocycles. The summed E-state index contributed by atoms with van der Waals surface area (Å²) in [4.78, 5) is 0. The van der Waals surface area contributed by atoms with Gasteiger partial charge in [0.1, 0.15) is 0 Å². The number of benzene rings is 1. The van der Waals surface area contributed by atoms with Gasteiger partial charge in [-0.1, -0.05) is 0 Å². The summed E-state index contributed by atoms with van der Waals surface area (Å²) in [5, 5.41) is 10.9. The van der Waals surface area contributed by atoms with Crippen LogP contribution in [-0.4, -0.2) is 20.7 Å². The fraction of sp³-hybridized carbons (Fsp3) is 0. The van der Waals surface area contributed by atoms with Crippen molar-refractivity contribution in [3.63, 3.8) is 0 Å². The van der Waals surface area contributed by atoms with Crippen molar-refractivity contribution >= 4 is 20.7 Å². The standard InChI is InChI=1S/C9H7NOTe/c11-10-7-6-9(12-10)8-4-2-1-3-5-8/h1-7H. The fourth-order valence-corrected chi connectivity index (χ4v) is 2.98. The fourth-order valence-electron chi connectivity index (χ4n) is 1.04. The first-order valence-electron chi connectivity index (χ1n) is 3.61. The molecule has 0 N–H and O–H groups in total. The van der Waals surface area contributed by atoms with Crippen LogP contribution in [-0.2, 0) is 0 Å². The third-order valence-corrected chi connectivity index (χ3v) is 4.08. The Morgan fingerprint density at radius 1 is 1.08 bits per heavy atom. The van der Waals surface area contributed by atoms with E-state index in [0.717, 1.165) is 2.95 Å². The Morgan fingerprint density at radius 3 is 2.42 bits per heavy atom. The molecule has 2 aromatic rings. The minimum atomic E-state index is -0.656. The van der Waals surface area contributed by atoms with Gasteiger partial charge in [-0.3, -0.25) is 0 Å². The molecule has 2 rings (SSSR count). The van der Waals surface area contributed by atoms with Crippen LogP contribution in [0.2, 0.25) is 0 Å². The normalized spacial score (nSPS) is 10.0. The summed E-state index contributed by atoms with van der Waals surface area (Å²) >= 11 is -0.656. The summed E-state index contributed by atoms with van der Waals surface area (Å²) in [6.45, 7) is 0. The maximum atomic E-state index is 10.9. The second-order valence-electron chi connectivity index (χ2n) is 2.42. The second kappa shape index (κ2) is 3.30. The van der Waals surface area contributed by atoms with Crippen LogP contribution >= 0.6 is 0 Å². The average Bonchev–Trinajstić information content (AvgIpc) is 2.54. The molecule has 0 unspecified atom stereocenters. The van der Waals surface area contributed by atoms with Crippen LogP contribution in [0.4, 0.5) is 0 Å². The molecule has 12 heavy (non-hydrogen) atoms. The van der Waals surface area contributed by atoms with Crippen LogP contribution in [0.1, 0.15) is 0 Å². The first-order chi connectivity index (χ1) is 5.86. The number of hydrogen-bond donors (Lipinski definition) is 0. The predicted octanol–water partition coefficient (Wildman–Crippen LogP) is 1.04. The Kier molecular flexibility index (Phi) is 2.16. The van der Waals surface area contributed by atoms with E-state index in [-0.39, 0.29) is 0 Å². The van der Waals surface area contributed by atoms with E-state index in [2.05, 4.69) is 0 Å². The summed E-state index contributed by atoms with van der Waals surface area (Å²) in [6.07, 6.45) is 1.62. The first-order valence-corrected chi connectivity index (χ1v) is 5.82. The number of nitrogens with zero attached hydrogens (tertiary/aromatic N) is 1. The average molecular weight is 273 g/mol. The van der Waals surface area contributed by atoms with Gasteiger partial charge in [-0.05, 0) is 0 Å². The zero-order valence-electron chi connectivity index (χ0n) is 6.31. The molecule has 0 atom stereocenters. The van der Waals surface area contributed by atoms with Crippen molar-refractivity contribution in [3.8, 4) is 9.14 Å². The molecule has 60 valence electrons. The van der Waals surface area contributed by atoms with Gasteiger partial charge in [-0.25, -0.2) is 0 Å². The Labute approximate surface area is 80.7 Å². The quantitative estimate of drug-likeness (QED) is 0.563. The zero-order chi connectivity index (χ0) is 8.39. The van der Waals surface area contributed by atoms with Crippen molar-refractivity contribution in [2.75, 3.05) is 0 Å². The molecule has 0 saturated carbocycles. The van der Waals surface area contributed by atoms with E-state index in [0.29, 0.717) is 0 Å². The number of hydrogen-bond acceptors (Lipinski definition) is 1. The molecule has 0 radical (unpaired) electrons. The van der Waals surface area contributed by atoms with Crippen LogP contribution in [0, 0.1) is 5.21 Å². The van der Waals surface area contributed by atoms with E-state index >= 15 is 0 Å². The number of aromatic nitrogens is 1. The molecule has 0 aliphatic carbocycles. The third kappa shape index (κ3) is 1.52.